The van der Waals surface area contributed by atoms with E-state index in [2.05, 4.69) is 24.3 Å². The summed E-state index contributed by atoms with van der Waals surface area (Å²) in [6.45, 7) is 9.62. The first-order chi connectivity index (χ1) is 12.8. The van der Waals surface area contributed by atoms with Crippen LogP contribution in [0.25, 0.3) is 0 Å². The van der Waals surface area contributed by atoms with E-state index in [0.717, 1.165) is 32.5 Å². The fourth-order valence-electron chi connectivity index (χ4n) is 2.19. The Morgan fingerprint density at radius 3 is 2.59 bits per heavy atom. The van der Waals surface area contributed by atoms with E-state index in [0.29, 0.717) is 0 Å². The molecule has 1 unspecified atom stereocenters. The monoisotopic (exact) mass is 398 g/mol. The Morgan fingerprint density at radius 2 is 1.93 bits per heavy atom. The standard InChI is InChI=1S/C22H26N2OS2/c1-16(2)6-5-7-18(4)27(25)24-20-11-9-19(10-12-20)15-26-22-14-17(3)8-13-21(22)23/h5-14,24H,1,15,23H2,2-4H3/b6-5-,18-7+. The van der Waals surface area contributed by atoms with Gasteiger partial charge < -0.3 is 10.5 Å². The summed E-state index contributed by atoms with van der Waals surface area (Å²) in [4.78, 5) is 1.85. The highest BCUT2D eigenvalue weighted by molar-refractivity contribution is 7.98. The molecule has 3 nitrogen and oxygen atoms in total. The highest BCUT2D eigenvalue weighted by Gasteiger charge is 2.04. The number of nitrogens with one attached hydrogen (secondary N) is 1. The largest absolute Gasteiger partial charge is 0.398 e. The summed E-state index contributed by atoms with van der Waals surface area (Å²) in [7, 11) is -1.27. The van der Waals surface area contributed by atoms with Crippen molar-refractivity contribution in [1.29, 1.82) is 0 Å². The van der Waals surface area contributed by atoms with Crippen LogP contribution >= 0.6 is 11.8 Å². The second kappa shape index (κ2) is 10.2. The van der Waals surface area contributed by atoms with Gasteiger partial charge in [-0.25, -0.2) is 4.21 Å². The Kier molecular flexibility index (Phi) is 7.95. The van der Waals surface area contributed by atoms with E-state index in [9.17, 15) is 4.21 Å². The first-order valence-corrected chi connectivity index (χ1v) is 10.8. The lowest BCUT2D eigenvalue weighted by Gasteiger charge is -2.09. The van der Waals surface area contributed by atoms with Crippen LogP contribution in [0.15, 0.2) is 82.6 Å². The van der Waals surface area contributed by atoms with Gasteiger partial charge in [0.1, 0.15) is 11.0 Å². The first-order valence-electron chi connectivity index (χ1n) is 8.62. The highest BCUT2D eigenvalue weighted by Crippen LogP contribution is 2.29. The molecule has 0 aliphatic carbocycles. The average Bonchev–Trinajstić information content (AvgIpc) is 2.63. The van der Waals surface area contributed by atoms with Crippen LogP contribution in [0, 0.1) is 6.92 Å². The Balaban J connectivity index is 1.93. The maximum atomic E-state index is 12.3. The van der Waals surface area contributed by atoms with Gasteiger partial charge in [-0.3, -0.25) is 0 Å². The molecule has 0 aliphatic rings. The van der Waals surface area contributed by atoms with Gasteiger partial charge in [0.2, 0.25) is 0 Å². The Labute approximate surface area is 169 Å². The van der Waals surface area contributed by atoms with Crippen molar-refractivity contribution in [2.75, 3.05) is 10.5 Å². The molecule has 2 aromatic rings. The van der Waals surface area contributed by atoms with Crippen LogP contribution in [0.2, 0.25) is 0 Å². The summed E-state index contributed by atoms with van der Waals surface area (Å²) in [5.74, 6) is 0.835. The van der Waals surface area contributed by atoms with Crippen LogP contribution in [0.1, 0.15) is 25.0 Å². The van der Waals surface area contributed by atoms with Crippen LogP contribution in [-0.4, -0.2) is 4.21 Å². The van der Waals surface area contributed by atoms with E-state index in [-0.39, 0.29) is 0 Å². The molecule has 0 saturated carbocycles. The molecule has 5 heteroatoms. The molecule has 1 atom stereocenters. The number of anilines is 2. The number of benzene rings is 2. The third-order valence-electron chi connectivity index (χ3n) is 3.73. The van der Waals surface area contributed by atoms with Crippen LogP contribution in [0.3, 0.4) is 0 Å². The fourth-order valence-corrected chi connectivity index (χ4v) is 3.93. The molecule has 142 valence electrons. The van der Waals surface area contributed by atoms with Crippen molar-refractivity contribution in [3.05, 3.63) is 88.9 Å². The number of aryl methyl sites for hydroxylation is 1. The van der Waals surface area contributed by atoms with Crippen molar-refractivity contribution in [3.8, 4) is 0 Å². The second-order valence-electron chi connectivity index (χ2n) is 6.38. The minimum Gasteiger partial charge on any atom is -0.398 e. The van der Waals surface area contributed by atoms with E-state index in [1.54, 1.807) is 11.8 Å². The molecule has 0 aromatic heterocycles. The molecule has 0 heterocycles. The summed E-state index contributed by atoms with van der Waals surface area (Å²) >= 11 is 1.72. The van der Waals surface area contributed by atoms with Crippen molar-refractivity contribution >= 4 is 34.1 Å². The highest BCUT2D eigenvalue weighted by atomic mass is 32.2. The van der Waals surface area contributed by atoms with Gasteiger partial charge in [-0.2, -0.15) is 0 Å². The third kappa shape index (κ3) is 7.12. The zero-order valence-electron chi connectivity index (χ0n) is 16.0. The summed E-state index contributed by atoms with van der Waals surface area (Å²) in [5, 5.41) is 0. The van der Waals surface area contributed by atoms with Crippen molar-refractivity contribution in [1.82, 2.24) is 0 Å². The number of allylic oxidation sites excluding steroid dienone is 5. The molecule has 3 N–H and O–H groups in total. The molecule has 27 heavy (non-hydrogen) atoms. The predicted molar refractivity (Wildman–Crippen MR) is 121 cm³/mol. The van der Waals surface area contributed by atoms with Gasteiger partial charge in [0.15, 0.2) is 0 Å². The van der Waals surface area contributed by atoms with Crippen molar-refractivity contribution < 1.29 is 4.21 Å². The minimum absolute atomic E-state index is 0.752. The van der Waals surface area contributed by atoms with Gasteiger partial charge in [-0.1, -0.05) is 42.5 Å². The molecule has 0 fully saturated rings. The lowest BCUT2D eigenvalue weighted by molar-refractivity contribution is 0.690. The van der Waals surface area contributed by atoms with Crippen molar-refractivity contribution in [2.24, 2.45) is 0 Å². The van der Waals surface area contributed by atoms with Crippen molar-refractivity contribution in [2.45, 2.75) is 31.4 Å². The summed E-state index contributed by atoms with van der Waals surface area (Å²) < 4.78 is 15.3. The van der Waals surface area contributed by atoms with E-state index < -0.39 is 11.0 Å². The van der Waals surface area contributed by atoms with Crippen LogP contribution in [0.4, 0.5) is 11.4 Å². The zero-order valence-corrected chi connectivity index (χ0v) is 17.6. The summed E-state index contributed by atoms with van der Waals surface area (Å²) in [6, 6.07) is 14.1. The Morgan fingerprint density at radius 1 is 1.22 bits per heavy atom. The quantitative estimate of drug-likeness (QED) is 0.327. The van der Waals surface area contributed by atoms with Crippen LogP contribution < -0.4 is 10.5 Å². The SMILES string of the molecule is C=C(C)/C=C\C=C(/C)S(=O)Nc1ccc(CSc2cc(C)ccc2N)cc1. The van der Waals surface area contributed by atoms with Crippen LogP contribution in [0.5, 0.6) is 0 Å². The smallest absolute Gasteiger partial charge is 0.145 e. The summed E-state index contributed by atoms with van der Waals surface area (Å²) in [5.41, 5.74) is 11.0. The average molecular weight is 399 g/mol. The number of hydrogen-bond donors (Lipinski definition) is 2. The maximum Gasteiger partial charge on any atom is 0.145 e. The fraction of sp³-hybridized carbons (Fsp3) is 0.182. The summed E-state index contributed by atoms with van der Waals surface area (Å²) in [6.07, 6.45) is 5.57. The van der Waals surface area contributed by atoms with E-state index in [4.69, 9.17) is 5.73 Å². The Hall–Kier alpha value is -2.24. The molecule has 2 rings (SSSR count). The molecule has 0 radical (unpaired) electrons. The first kappa shape index (κ1) is 21.1. The van der Waals surface area contributed by atoms with Gasteiger partial charge >= 0.3 is 0 Å². The normalized spacial score (nSPS) is 12.9. The van der Waals surface area contributed by atoms with Crippen molar-refractivity contribution in [3.63, 3.8) is 0 Å². The van der Waals surface area contributed by atoms with E-state index >= 15 is 0 Å². The topological polar surface area (TPSA) is 55.1 Å². The number of hydrogen-bond acceptors (Lipinski definition) is 3. The predicted octanol–water partition coefficient (Wildman–Crippen LogP) is 5.98. The number of thioether (sulfide) groups is 1. The zero-order chi connectivity index (χ0) is 19.8. The molecule has 0 spiro atoms. The van der Waals surface area contributed by atoms with Crippen LogP contribution in [-0.2, 0) is 16.7 Å². The van der Waals surface area contributed by atoms with Gasteiger partial charge in [0.25, 0.3) is 0 Å². The molecule has 0 bridgehead atoms. The molecular formula is C22H26N2OS2. The molecule has 0 amide bonds. The van der Waals surface area contributed by atoms with Gasteiger partial charge in [-0.15, -0.1) is 11.8 Å². The van der Waals surface area contributed by atoms with Gasteiger partial charge in [-0.05, 0) is 62.2 Å². The van der Waals surface area contributed by atoms with E-state index in [1.807, 2.05) is 68.5 Å². The molecule has 2 aromatic carbocycles. The molecular weight excluding hydrogens is 372 g/mol. The lowest BCUT2D eigenvalue weighted by Crippen LogP contribution is -2.04. The lowest BCUT2D eigenvalue weighted by atomic mass is 10.2. The van der Waals surface area contributed by atoms with Gasteiger partial charge in [0.05, 0.1) is 0 Å². The maximum absolute atomic E-state index is 12.3. The number of nitrogen functional groups attached to an aromatic ring is 1. The minimum atomic E-state index is -1.27. The Bertz CT molecular complexity index is 884. The van der Waals surface area contributed by atoms with E-state index in [1.165, 1.54) is 11.1 Å². The molecule has 0 saturated heterocycles. The molecule has 0 aliphatic heterocycles. The number of rotatable bonds is 8. The number of nitrogens with two attached hydrogens (primary N) is 1. The van der Waals surface area contributed by atoms with Gasteiger partial charge in [0, 0.05) is 26.9 Å². The third-order valence-corrected chi connectivity index (χ3v) is 6.02. The second-order valence-corrected chi connectivity index (χ2v) is 8.78.